The highest BCUT2D eigenvalue weighted by atomic mass is 16.6. The van der Waals surface area contributed by atoms with Gasteiger partial charge in [-0.3, -0.25) is 0 Å². The average Bonchev–Trinajstić information content (AvgIpc) is 2.61. The molecule has 0 radical (unpaired) electrons. The standard InChI is InChI=1S/C23H32N2O3/c1-23(2,3)28-22(27)25-19(14-17-10-6-4-7-11-17)16-21(26)20(24)15-18-12-8-5-9-13-18/h4-13,19-21,26H,14-16,24H2,1-3H3,(H,25,27)/t19-,20-,21?/m0/s1. The van der Waals surface area contributed by atoms with E-state index < -0.39 is 23.8 Å². The highest BCUT2D eigenvalue weighted by molar-refractivity contribution is 5.68. The van der Waals surface area contributed by atoms with E-state index in [2.05, 4.69) is 5.32 Å². The van der Waals surface area contributed by atoms with Crippen LogP contribution in [0.15, 0.2) is 60.7 Å². The summed E-state index contributed by atoms with van der Waals surface area (Å²) in [6, 6.07) is 19.0. The molecule has 5 heteroatoms. The number of aliphatic hydroxyl groups is 1. The molecule has 2 aromatic rings. The fourth-order valence-electron chi connectivity index (χ4n) is 3.05. The summed E-state index contributed by atoms with van der Waals surface area (Å²) in [7, 11) is 0. The van der Waals surface area contributed by atoms with E-state index in [9.17, 15) is 9.90 Å². The summed E-state index contributed by atoms with van der Waals surface area (Å²) in [6.45, 7) is 5.47. The van der Waals surface area contributed by atoms with Gasteiger partial charge in [0.2, 0.25) is 0 Å². The number of amides is 1. The Morgan fingerprint density at radius 1 is 1.00 bits per heavy atom. The Kier molecular flexibility index (Phi) is 8.03. The third-order valence-electron chi connectivity index (χ3n) is 4.38. The lowest BCUT2D eigenvalue weighted by Gasteiger charge is -2.27. The maximum absolute atomic E-state index is 12.3. The van der Waals surface area contributed by atoms with E-state index >= 15 is 0 Å². The smallest absolute Gasteiger partial charge is 0.407 e. The summed E-state index contributed by atoms with van der Waals surface area (Å²) in [5, 5.41) is 13.6. The van der Waals surface area contributed by atoms with Crippen molar-refractivity contribution in [2.45, 2.75) is 63.8 Å². The van der Waals surface area contributed by atoms with Crippen LogP contribution in [0.3, 0.4) is 0 Å². The second-order valence-corrected chi connectivity index (χ2v) is 8.19. The van der Waals surface area contributed by atoms with Crippen LogP contribution in [0, 0.1) is 0 Å². The molecule has 0 heterocycles. The molecule has 1 amide bonds. The van der Waals surface area contributed by atoms with Crippen molar-refractivity contribution in [3.05, 3.63) is 71.8 Å². The van der Waals surface area contributed by atoms with Gasteiger partial charge in [-0.2, -0.15) is 0 Å². The van der Waals surface area contributed by atoms with Crippen molar-refractivity contribution in [2.75, 3.05) is 0 Å². The van der Waals surface area contributed by atoms with Crippen LogP contribution < -0.4 is 11.1 Å². The maximum Gasteiger partial charge on any atom is 0.407 e. The second-order valence-electron chi connectivity index (χ2n) is 8.19. The minimum absolute atomic E-state index is 0.283. The molecule has 0 saturated heterocycles. The van der Waals surface area contributed by atoms with Crippen molar-refractivity contribution in [1.29, 1.82) is 0 Å². The molecular weight excluding hydrogens is 352 g/mol. The van der Waals surface area contributed by atoms with Gasteiger partial charge in [-0.25, -0.2) is 4.79 Å². The van der Waals surface area contributed by atoms with Gasteiger partial charge in [0.15, 0.2) is 0 Å². The molecule has 152 valence electrons. The lowest BCUT2D eigenvalue weighted by molar-refractivity contribution is 0.0475. The van der Waals surface area contributed by atoms with Gasteiger partial charge in [-0.15, -0.1) is 0 Å². The summed E-state index contributed by atoms with van der Waals surface area (Å²) >= 11 is 0. The molecular formula is C23H32N2O3. The van der Waals surface area contributed by atoms with Gasteiger partial charge >= 0.3 is 6.09 Å². The molecule has 0 aliphatic carbocycles. The number of alkyl carbamates (subject to hydrolysis) is 1. The first kappa shape index (κ1) is 21.9. The zero-order valence-electron chi connectivity index (χ0n) is 17.0. The molecule has 0 aromatic heterocycles. The summed E-state index contributed by atoms with van der Waals surface area (Å²) in [5.41, 5.74) is 7.80. The number of rotatable bonds is 8. The molecule has 3 atom stereocenters. The number of carbonyl (C=O) groups excluding carboxylic acids is 1. The first-order valence-corrected chi connectivity index (χ1v) is 9.74. The normalized spacial score (nSPS) is 14.8. The van der Waals surface area contributed by atoms with Crippen LogP contribution in [0.25, 0.3) is 0 Å². The van der Waals surface area contributed by atoms with Crippen molar-refractivity contribution in [3.63, 3.8) is 0 Å². The zero-order valence-corrected chi connectivity index (χ0v) is 17.0. The van der Waals surface area contributed by atoms with Gasteiger partial charge in [-0.05, 0) is 51.2 Å². The molecule has 0 aliphatic heterocycles. The predicted molar refractivity (Wildman–Crippen MR) is 112 cm³/mol. The Bertz CT molecular complexity index is 714. The molecule has 2 rings (SSSR count). The molecule has 0 fully saturated rings. The average molecular weight is 385 g/mol. The van der Waals surface area contributed by atoms with Crippen LogP contribution in [0.5, 0.6) is 0 Å². The molecule has 5 nitrogen and oxygen atoms in total. The van der Waals surface area contributed by atoms with Gasteiger partial charge in [0.25, 0.3) is 0 Å². The van der Waals surface area contributed by atoms with Crippen LogP contribution >= 0.6 is 0 Å². The molecule has 2 aromatic carbocycles. The van der Waals surface area contributed by atoms with Gasteiger partial charge < -0.3 is 20.9 Å². The van der Waals surface area contributed by atoms with E-state index in [-0.39, 0.29) is 6.04 Å². The number of ether oxygens (including phenoxy) is 1. The van der Waals surface area contributed by atoms with E-state index in [1.54, 1.807) is 0 Å². The van der Waals surface area contributed by atoms with Crippen molar-refractivity contribution < 1.29 is 14.6 Å². The Labute approximate surface area is 167 Å². The Morgan fingerprint density at radius 3 is 2.00 bits per heavy atom. The van der Waals surface area contributed by atoms with Crippen LogP contribution in [-0.4, -0.2) is 35.0 Å². The summed E-state index contributed by atoms with van der Waals surface area (Å²) in [4.78, 5) is 12.3. The van der Waals surface area contributed by atoms with Crippen molar-refractivity contribution >= 4 is 6.09 Å². The fourth-order valence-corrected chi connectivity index (χ4v) is 3.05. The lowest BCUT2D eigenvalue weighted by Crippen LogP contribution is -2.46. The highest BCUT2D eigenvalue weighted by Crippen LogP contribution is 2.14. The van der Waals surface area contributed by atoms with E-state index in [1.165, 1.54) is 0 Å². The van der Waals surface area contributed by atoms with E-state index in [0.717, 1.165) is 11.1 Å². The van der Waals surface area contributed by atoms with Crippen LogP contribution in [0.2, 0.25) is 0 Å². The van der Waals surface area contributed by atoms with Gasteiger partial charge in [0.05, 0.1) is 6.10 Å². The third-order valence-corrected chi connectivity index (χ3v) is 4.38. The second kappa shape index (κ2) is 10.2. The lowest BCUT2D eigenvalue weighted by atomic mass is 9.94. The van der Waals surface area contributed by atoms with Gasteiger partial charge in [-0.1, -0.05) is 60.7 Å². The minimum Gasteiger partial charge on any atom is -0.444 e. The van der Waals surface area contributed by atoms with Gasteiger partial charge in [0.1, 0.15) is 5.60 Å². The number of benzene rings is 2. The van der Waals surface area contributed by atoms with Crippen LogP contribution in [-0.2, 0) is 17.6 Å². The number of hydrogen-bond acceptors (Lipinski definition) is 4. The van der Waals surface area contributed by atoms with E-state index in [0.29, 0.717) is 19.3 Å². The summed E-state index contributed by atoms with van der Waals surface area (Å²) in [6.07, 6.45) is 0.283. The number of hydrogen-bond donors (Lipinski definition) is 3. The summed E-state index contributed by atoms with van der Waals surface area (Å²) in [5.74, 6) is 0. The van der Waals surface area contributed by atoms with E-state index in [4.69, 9.17) is 10.5 Å². The maximum atomic E-state index is 12.3. The molecule has 1 unspecified atom stereocenters. The summed E-state index contributed by atoms with van der Waals surface area (Å²) < 4.78 is 5.38. The quantitative estimate of drug-likeness (QED) is 0.651. The van der Waals surface area contributed by atoms with Crippen LogP contribution in [0.1, 0.15) is 38.3 Å². The molecule has 28 heavy (non-hydrogen) atoms. The molecule has 4 N–H and O–H groups in total. The monoisotopic (exact) mass is 384 g/mol. The van der Waals surface area contributed by atoms with Crippen molar-refractivity contribution in [3.8, 4) is 0 Å². The number of aliphatic hydroxyl groups excluding tert-OH is 1. The first-order valence-electron chi connectivity index (χ1n) is 9.74. The Balaban J connectivity index is 2.01. The fraction of sp³-hybridized carbons (Fsp3) is 0.435. The van der Waals surface area contributed by atoms with Crippen LogP contribution in [0.4, 0.5) is 4.79 Å². The highest BCUT2D eigenvalue weighted by Gasteiger charge is 2.24. The third kappa shape index (κ3) is 8.11. The Hall–Kier alpha value is -2.37. The number of nitrogens with two attached hydrogens (primary N) is 1. The van der Waals surface area contributed by atoms with Crippen molar-refractivity contribution in [2.24, 2.45) is 5.73 Å². The predicted octanol–water partition coefficient (Wildman–Crippen LogP) is 3.44. The zero-order chi connectivity index (χ0) is 20.6. The molecule has 0 spiro atoms. The molecule has 0 saturated carbocycles. The van der Waals surface area contributed by atoms with Crippen molar-refractivity contribution in [1.82, 2.24) is 5.32 Å². The number of nitrogens with one attached hydrogen (secondary N) is 1. The molecule has 0 bridgehead atoms. The topological polar surface area (TPSA) is 84.6 Å². The van der Waals surface area contributed by atoms with E-state index in [1.807, 2.05) is 81.4 Å². The Morgan fingerprint density at radius 2 is 1.50 bits per heavy atom. The SMILES string of the molecule is CC(C)(C)OC(=O)N[C@@H](Cc1ccccc1)CC(O)[C@@H](N)Cc1ccccc1. The largest absolute Gasteiger partial charge is 0.444 e. The van der Waals surface area contributed by atoms with Gasteiger partial charge in [0, 0.05) is 12.1 Å². The first-order chi connectivity index (χ1) is 13.2. The minimum atomic E-state index is -0.746. The number of carbonyl (C=O) groups is 1. The molecule has 0 aliphatic rings.